The van der Waals surface area contributed by atoms with Gasteiger partial charge in [-0.3, -0.25) is 0 Å². The normalized spacial score (nSPS) is 17.3. The minimum atomic E-state index is -0.672. The van der Waals surface area contributed by atoms with Gasteiger partial charge in [0.05, 0.1) is 12.5 Å². The molecule has 4 nitrogen and oxygen atoms in total. The van der Waals surface area contributed by atoms with Crippen LogP contribution in [0.5, 0.6) is 11.5 Å². The Hall–Kier alpha value is -1.75. The van der Waals surface area contributed by atoms with Crippen LogP contribution in [0.3, 0.4) is 0 Å². The molecular weight excluding hydrogens is 328 g/mol. The van der Waals surface area contributed by atoms with Crippen molar-refractivity contribution in [3.63, 3.8) is 0 Å². The van der Waals surface area contributed by atoms with Crippen molar-refractivity contribution < 1.29 is 19.3 Å². The Morgan fingerprint density at radius 1 is 1.04 bits per heavy atom. The maximum atomic E-state index is 9.58. The first-order valence-corrected chi connectivity index (χ1v) is 8.56. The molecule has 0 aliphatic carbocycles. The summed E-state index contributed by atoms with van der Waals surface area (Å²) < 4.78 is 16.8. The van der Waals surface area contributed by atoms with Crippen molar-refractivity contribution in [1.82, 2.24) is 0 Å². The molecule has 3 rings (SSSR count). The number of alkyl halides is 1. The van der Waals surface area contributed by atoms with Gasteiger partial charge in [-0.25, -0.2) is 0 Å². The van der Waals surface area contributed by atoms with Crippen LogP contribution < -0.4 is 9.47 Å². The highest BCUT2D eigenvalue weighted by atomic mass is 35.5. The molecule has 1 saturated heterocycles. The second-order valence-electron chi connectivity index (χ2n) is 5.78. The Labute approximate surface area is 146 Å². The van der Waals surface area contributed by atoms with E-state index in [-0.39, 0.29) is 18.6 Å². The van der Waals surface area contributed by atoms with Crippen LogP contribution in [0, 0.1) is 0 Å². The topological polar surface area (TPSA) is 51.2 Å². The zero-order valence-electron chi connectivity index (χ0n) is 13.4. The smallest absolute Gasteiger partial charge is 0.122 e. The Morgan fingerprint density at radius 2 is 1.62 bits per heavy atom. The van der Waals surface area contributed by atoms with Crippen LogP contribution in [0.2, 0.25) is 0 Å². The summed E-state index contributed by atoms with van der Waals surface area (Å²) in [5.41, 5.74) is 2.13. The van der Waals surface area contributed by atoms with Crippen LogP contribution in [0.4, 0.5) is 0 Å². The molecule has 128 valence electrons. The van der Waals surface area contributed by atoms with E-state index in [2.05, 4.69) is 0 Å². The zero-order chi connectivity index (χ0) is 16.8. The summed E-state index contributed by atoms with van der Waals surface area (Å²) in [4.78, 5) is 0. The molecule has 2 unspecified atom stereocenters. The van der Waals surface area contributed by atoms with E-state index < -0.39 is 6.10 Å². The molecule has 1 heterocycles. The van der Waals surface area contributed by atoms with Crippen LogP contribution >= 0.6 is 11.6 Å². The van der Waals surface area contributed by atoms with E-state index in [0.717, 1.165) is 29.2 Å². The van der Waals surface area contributed by atoms with Crippen molar-refractivity contribution in [2.24, 2.45) is 0 Å². The average Bonchev–Trinajstić information content (AvgIpc) is 3.44. The van der Waals surface area contributed by atoms with Gasteiger partial charge in [0.1, 0.15) is 36.9 Å². The highest BCUT2D eigenvalue weighted by molar-refractivity contribution is 6.18. The van der Waals surface area contributed by atoms with E-state index in [4.69, 9.17) is 25.8 Å². The first kappa shape index (κ1) is 17.1. The number of para-hydroxylation sites is 2. The molecule has 0 saturated carbocycles. The summed E-state index contributed by atoms with van der Waals surface area (Å²) in [7, 11) is 0. The summed E-state index contributed by atoms with van der Waals surface area (Å²) in [6.45, 7) is 1.54. The molecule has 1 aliphatic heterocycles. The second-order valence-corrected chi connectivity index (χ2v) is 6.09. The largest absolute Gasteiger partial charge is 0.491 e. The summed E-state index contributed by atoms with van der Waals surface area (Å²) in [6.07, 6.45) is 0.245. The number of hydrogen-bond acceptors (Lipinski definition) is 4. The molecule has 2 aromatic carbocycles. The third kappa shape index (κ3) is 4.87. The zero-order valence-corrected chi connectivity index (χ0v) is 14.1. The van der Waals surface area contributed by atoms with E-state index in [1.807, 2.05) is 48.5 Å². The number of epoxide rings is 1. The quantitative estimate of drug-likeness (QED) is 0.559. The monoisotopic (exact) mass is 348 g/mol. The number of aliphatic hydroxyl groups excluding tert-OH is 1. The molecule has 0 radical (unpaired) electrons. The molecule has 24 heavy (non-hydrogen) atoms. The van der Waals surface area contributed by atoms with Gasteiger partial charge >= 0.3 is 0 Å². The maximum Gasteiger partial charge on any atom is 0.122 e. The molecule has 0 spiro atoms. The lowest BCUT2D eigenvalue weighted by Gasteiger charge is -2.15. The molecule has 1 aliphatic rings. The molecule has 5 heteroatoms. The lowest BCUT2D eigenvalue weighted by Crippen LogP contribution is -2.19. The Bertz CT molecular complexity index is 657. The number of ether oxygens (including phenoxy) is 3. The van der Waals surface area contributed by atoms with Gasteiger partial charge in [0, 0.05) is 6.42 Å². The van der Waals surface area contributed by atoms with E-state index >= 15 is 0 Å². The summed E-state index contributed by atoms with van der Waals surface area (Å²) in [6, 6.07) is 15.8. The van der Waals surface area contributed by atoms with Crippen LogP contribution in [-0.4, -0.2) is 43.0 Å². The summed E-state index contributed by atoms with van der Waals surface area (Å²) in [5.74, 6) is 1.77. The van der Waals surface area contributed by atoms with Gasteiger partial charge in [0.15, 0.2) is 0 Å². The number of benzene rings is 2. The lowest BCUT2D eigenvalue weighted by molar-refractivity contribution is 0.125. The van der Waals surface area contributed by atoms with Crippen molar-refractivity contribution in [2.75, 3.05) is 25.7 Å². The number of aliphatic hydroxyl groups is 1. The van der Waals surface area contributed by atoms with Gasteiger partial charge < -0.3 is 19.3 Å². The van der Waals surface area contributed by atoms with Gasteiger partial charge in [0.2, 0.25) is 0 Å². The van der Waals surface area contributed by atoms with Crippen LogP contribution in [0.25, 0.3) is 0 Å². The molecule has 0 amide bonds. The van der Waals surface area contributed by atoms with Crippen molar-refractivity contribution in [3.05, 3.63) is 59.7 Å². The van der Waals surface area contributed by atoms with E-state index in [9.17, 15) is 5.11 Å². The van der Waals surface area contributed by atoms with Crippen molar-refractivity contribution in [1.29, 1.82) is 0 Å². The van der Waals surface area contributed by atoms with Crippen molar-refractivity contribution >= 4 is 11.6 Å². The van der Waals surface area contributed by atoms with E-state index in [1.54, 1.807) is 0 Å². The van der Waals surface area contributed by atoms with E-state index in [0.29, 0.717) is 13.0 Å². The van der Waals surface area contributed by atoms with Crippen LogP contribution in [-0.2, 0) is 11.2 Å². The van der Waals surface area contributed by atoms with Gasteiger partial charge in [-0.1, -0.05) is 36.4 Å². The third-order valence-corrected chi connectivity index (χ3v) is 4.12. The van der Waals surface area contributed by atoms with Crippen LogP contribution in [0.1, 0.15) is 11.1 Å². The first-order chi connectivity index (χ1) is 11.8. The number of hydrogen-bond donors (Lipinski definition) is 1. The minimum Gasteiger partial charge on any atom is -0.491 e. The minimum absolute atomic E-state index is 0.155. The summed E-state index contributed by atoms with van der Waals surface area (Å²) >= 11 is 5.62. The second kappa shape index (κ2) is 8.38. The fraction of sp³-hybridized carbons (Fsp3) is 0.368. The highest BCUT2D eigenvalue weighted by Gasteiger charge is 2.23. The summed E-state index contributed by atoms with van der Waals surface area (Å²) in [5, 5.41) is 9.58. The Morgan fingerprint density at radius 3 is 2.21 bits per heavy atom. The van der Waals surface area contributed by atoms with Gasteiger partial charge in [-0.2, -0.15) is 0 Å². The fourth-order valence-electron chi connectivity index (χ4n) is 2.36. The lowest BCUT2D eigenvalue weighted by atomic mass is 10.0. The number of halogens is 1. The first-order valence-electron chi connectivity index (χ1n) is 8.03. The predicted molar refractivity (Wildman–Crippen MR) is 93.1 cm³/mol. The Kier molecular flexibility index (Phi) is 5.96. The molecule has 1 N–H and O–H groups in total. The molecule has 2 aromatic rings. The SMILES string of the molecule is OC(CCl)COc1ccccc1Cc1ccccc1OCC1CO1. The Balaban J connectivity index is 1.71. The molecular formula is C19H21ClO4. The predicted octanol–water partition coefficient (Wildman–Crippen LogP) is 3.03. The van der Waals surface area contributed by atoms with Crippen molar-refractivity contribution in [3.8, 4) is 11.5 Å². The van der Waals surface area contributed by atoms with Crippen LogP contribution in [0.15, 0.2) is 48.5 Å². The highest BCUT2D eigenvalue weighted by Crippen LogP contribution is 2.27. The average molecular weight is 349 g/mol. The van der Waals surface area contributed by atoms with Gasteiger partial charge in [-0.05, 0) is 23.3 Å². The van der Waals surface area contributed by atoms with Gasteiger partial charge in [0.25, 0.3) is 0 Å². The maximum absolute atomic E-state index is 9.58. The molecule has 2 atom stereocenters. The molecule has 0 aromatic heterocycles. The third-order valence-electron chi connectivity index (χ3n) is 3.76. The molecule has 0 bridgehead atoms. The van der Waals surface area contributed by atoms with Gasteiger partial charge in [-0.15, -0.1) is 11.6 Å². The number of rotatable bonds is 9. The standard InChI is InChI=1S/C19H21ClO4/c20-10-16(21)11-23-18-7-3-1-5-14(18)9-15-6-2-4-8-19(15)24-13-17-12-22-17/h1-8,16-17,21H,9-13H2. The molecule has 1 fully saturated rings. The van der Waals surface area contributed by atoms with E-state index in [1.165, 1.54) is 0 Å². The fourth-order valence-corrected chi connectivity index (χ4v) is 2.45. The van der Waals surface area contributed by atoms with Crippen molar-refractivity contribution in [2.45, 2.75) is 18.6 Å².